The minimum Gasteiger partial charge on any atom is -0.497 e. The van der Waals surface area contributed by atoms with Crippen molar-refractivity contribution in [3.63, 3.8) is 0 Å². The molecule has 10 heteroatoms. The molecule has 0 amide bonds. The highest BCUT2D eigenvalue weighted by Gasteiger charge is 2.28. The molecule has 9 nitrogen and oxygen atoms in total. The largest absolute Gasteiger partial charge is 0.497 e. The minimum absolute atomic E-state index is 0.0281. The van der Waals surface area contributed by atoms with Crippen molar-refractivity contribution in [2.45, 2.75) is 24.8 Å². The second-order valence-electron chi connectivity index (χ2n) is 8.51. The number of anilines is 3. The molecule has 2 heterocycles. The second-order valence-corrected chi connectivity index (χ2v) is 10.2. The zero-order chi connectivity index (χ0) is 25.2. The van der Waals surface area contributed by atoms with Crippen LogP contribution in [0.25, 0.3) is 0 Å². The van der Waals surface area contributed by atoms with Crippen LogP contribution in [0.5, 0.6) is 5.75 Å². The molecule has 0 spiro atoms. The number of nitrogens with one attached hydrogen (secondary N) is 1. The molecule has 1 aliphatic rings. The molecule has 0 unspecified atom stereocenters. The molecule has 35 heavy (non-hydrogen) atoms. The number of hydrogen-bond donors (Lipinski definition) is 2. The van der Waals surface area contributed by atoms with Gasteiger partial charge in [-0.3, -0.25) is 4.72 Å². The molecule has 1 aromatic heterocycles. The van der Waals surface area contributed by atoms with E-state index in [4.69, 9.17) is 4.74 Å². The van der Waals surface area contributed by atoms with Crippen LogP contribution in [0, 0.1) is 6.92 Å². The zero-order valence-corrected chi connectivity index (χ0v) is 20.6. The zero-order valence-electron chi connectivity index (χ0n) is 19.8. The van der Waals surface area contributed by atoms with E-state index in [1.54, 1.807) is 0 Å². The van der Waals surface area contributed by atoms with Gasteiger partial charge in [0.05, 0.1) is 23.9 Å². The molecular formula is C25H28N4O5S. The number of aryl methyl sites for hydroxylation is 1. The number of aromatic nitrogens is 1. The minimum atomic E-state index is -3.93. The van der Waals surface area contributed by atoms with Gasteiger partial charge in [-0.15, -0.1) is 0 Å². The van der Waals surface area contributed by atoms with E-state index in [0.29, 0.717) is 31.2 Å². The van der Waals surface area contributed by atoms with Gasteiger partial charge >= 0.3 is 5.97 Å². The third kappa shape index (κ3) is 5.32. The van der Waals surface area contributed by atoms with Crippen molar-refractivity contribution in [2.75, 3.05) is 41.3 Å². The Morgan fingerprint density at radius 1 is 1.14 bits per heavy atom. The van der Waals surface area contributed by atoms with Crippen LogP contribution in [-0.2, 0) is 10.0 Å². The van der Waals surface area contributed by atoms with E-state index < -0.39 is 16.0 Å². The normalized spacial score (nSPS) is 16.1. The summed E-state index contributed by atoms with van der Waals surface area (Å²) in [5.41, 5.74) is 2.33. The second kappa shape index (κ2) is 9.83. The molecule has 1 atom stereocenters. The number of benzene rings is 2. The highest BCUT2D eigenvalue weighted by molar-refractivity contribution is 7.92. The molecule has 1 aliphatic heterocycles. The first-order valence-electron chi connectivity index (χ1n) is 11.2. The number of carboxylic acid groups (broad SMARTS) is 1. The molecule has 4 rings (SSSR count). The summed E-state index contributed by atoms with van der Waals surface area (Å²) in [6.07, 6.45) is 1.35. The smallest absolute Gasteiger partial charge is 0.339 e. The topological polar surface area (TPSA) is 112 Å². The lowest BCUT2D eigenvalue weighted by atomic mass is 10.1. The van der Waals surface area contributed by atoms with E-state index in [2.05, 4.69) is 46.7 Å². The van der Waals surface area contributed by atoms with Gasteiger partial charge in [0, 0.05) is 31.4 Å². The Morgan fingerprint density at radius 3 is 2.51 bits per heavy atom. The number of pyridine rings is 1. The monoisotopic (exact) mass is 496 g/mol. The number of nitrogens with zero attached hydrogens (tertiary/aromatic N) is 3. The number of sulfonamides is 1. The molecule has 1 fully saturated rings. The first kappa shape index (κ1) is 24.3. The molecule has 0 bridgehead atoms. The number of rotatable bonds is 7. The van der Waals surface area contributed by atoms with Crippen LogP contribution in [0.1, 0.15) is 22.8 Å². The third-order valence-corrected chi connectivity index (χ3v) is 7.38. The van der Waals surface area contributed by atoms with Crippen LogP contribution in [0.15, 0.2) is 65.7 Å². The fraction of sp³-hybridized carbons (Fsp3) is 0.280. The van der Waals surface area contributed by atoms with Crippen molar-refractivity contribution in [2.24, 2.45) is 0 Å². The number of aromatic carboxylic acids is 1. The number of methoxy groups -OCH3 is 1. The highest BCUT2D eigenvalue weighted by atomic mass is 32.2. The highest BCUT2D eigenvalue weighted by Crippen LogP contribution is 2.28. The van der Waals surface area contributed by atoms with Gasteiger partial charge in [0.1, 0.15) is 17.1 Å². The maximum Gasteiger partial charge on any atom is 0.339 e. The van der Waals surface area contributed by atoms with Crippen molar-refractivity contribution in [1.82, 2.24) is 4.98 Å². The maximum absolute atomic E-state index is 12.8. The lowest BCUT2D eigenvalue weighted by Gasteiger charge is -2.42. The molecule has 2 aromatic carbocycles. The predicted molar refractivity (Wildman–Crippen MR) is 135 cm³/mol. The summed E-state index contributed by atoms with van der Waals surface area (Å²) in [6, 6.07) is 15.6. The van der Waals surface area contributed by atoms with Crippen LogP contribution in [-0.4, -0.2) is 57.3 Å². The van der Waals surface area contributed by atoms with E-state index >= 15 is 0 Å². The Morgan fingerprint density at radius 2 is 1.89 bits per heavy atom. The van der Waals surface area contributed by atoms with Crippen molar-refractivity contribution in [3.05, 3.63) is 71.9 Å². The van der Waals surface area contributed by atoms with Gasteiger partial charge in [-0.2, -0.15) is 0 Å². The first-order chi connectivity index (χ1) is 16.7. The van der Waals surface area contributed by atoms with Crippen molar-refractivity contribution in [3.8, 4) is 5.75 Å². The fourth-order valence-electron chi connectivity index (χ4n) is 4.23. The Hall–Kier alpha value is -3.79. The molecule has 0 radical (unpaired) electrons. The molecule has 3 aromatic rings. The summed E-state index contributed by atoms with van der Waals surface area (Å²) in [5.74, 6) is -0.327. The maximum atomic E-state index is 12.8. The first-order valence-corrected chi connectivity index (χ1v) is 12.6. The van der Waals surface area contributed by atoms with Gasteiger partial charge in [0.2, 0.25) is 0 Å². The van der Waals surface area contributed by atoms with Gasteiger partial charge in [-0.05, 0) is 61.9 Å². The standard InChI is InChI=1S/C25H28N4O5S/c1-17-5-4-6-20(13-17)29-12-11-28(16-18(29)2)24-23(25(30)31)14-19(15-26-24)27-35(32,33)22-9-7-21(34-3)8-10-22/h4-10,13-15,18,27H,11-12,16H2,1-3H3,(H,30,31)/t18-/m1/s1. The van der Waals surface area contributed by atoms with E-state index in [9.17, 15) is 18.3 Å². The Kier molecular flexibility index (Phi) is 6.83. The van der Waals surface area contributed by atoms with Crippen LogP contribution in [0.4, 0.5) is 17.2 Å². The summed E-state index contributed by atoms with van der Waals surface area (Å²) in [6.45, 7) is 6.02. The summed E-state index contributed by atoms with van der Waals surface area (Å²) in [4.78, 5) is 20.7. The lowest BCUT2D eigenvalue weighted by molar-refractivity contribution is 0.0697. The van der Waals surface area contributed by atoms with Crippen LogP contribution >= 0.6 is 0 Å². The SMILES string of the molecule is COc1ccc(S(=O)(=O)Nc2cnc(N3CCN(c4cccc(C)c4)[C@H](C)C3)c(C(=O)O)c2)cc1. The van der Waals surface area contributed by atoms with Crippen LogP contribution in [0.3, 0.4) is 0 Å². The number of hydrogen-bond acceptors (Lipinski definition) is 7. The van der Waals surface area contributed by atoms with Crippen molar-refractivity contribution in [1.29, 1.82) is 0 Å². The number of carbonyl (C=O) groups is 1. The molecule has 1 saturated heterocycles. The van der Waals surface area contributed by atoms with Gasteiger partial charge < -0.3 is 19.6 Å². The summed E-state index contributed by atoms with van der Waals surface area (Å²) < 4.78 is 33.0. The van der Waals surface area contributed by atoms with Crippen molar-refractivity contribution >= 4 is 33.2 Å². The van der Waals surface area contributed by atoms with E-state index in [1.165, 1.54) is 49.2 Å². The summed E-state index contributed by atoms with van der Waals surface area (Å²) in [5, 5.41) is 9.85. The number of piperazine rings is 1. The average molecular weight is 497 g/mol. The molecular weight excluding hydrogens is 468 g/mol. The predicted octanol–water partition coefficient (Wildman–Crippen LogP) is 3.61. The van der Waals surface area contributed by atoms with Crippen molar-refractivity contribution < 1.29 is 23.1 Å². The van der Waals surface area contributed by atoms with Gasteiger partial charge in [0.25, 0.3) is 10.0 Å². The fourth-order valence-corrected chi connectivity index (χ4v) is 5.27. The van der Waals surface area contributed by atoms with Gasteiger partial charge in [-0.1, -0.05) is 12.1 Å². The number of carboxylic acids is 1. The van der Waals surface area contributed by atoms with E-state index in [-0.39, 0.29) is 22.2 Å². The molecule has 184 valence electrons. The molecule has 0 aliphatic carbocycles. The summed E-state index contributed by atoms with van der Waals surface area (Å²) >= 11 is 0. The Labute approximate surface area is 205 Å². The quantitative estimate of drug-likeness (QED) is 0.510. The van der Waals surface area contributed by atoms with Crippen LogP contribution in [0.2, 0.25) is 0 Å². The van der Waals surface area contributed by atoms with Crippen LogP contribution < -0.4 is 19.3 Å². The number of ether oxygens (including phenoxy) is 1. The average Bonchev–Trinajstić information content (AvgIpc) is 2.83. The third-order valence-electron chi connectivity index (χ3n) is 5.98. The van der Waals surface area contributed by atoms with E-state index in [0.717, 1.165) is 5.69 Å². The lowest BCUT2D eigenvalue weighted by Crippen LogP contribution is -2.52. The Bertz CT molecular complexity index is 1330. The molecule has 2 N–H and O–H groups in total. The molecule has 0 saturated carbocycles. The van der Waals surface area contributed by atoms with Gasteiger partial charge in [0.15, 0.2) is 0 Å². The summed E-state index contributed by atoms with van der Waals surface area (Å²) in [7, 11) is -2.44. The van der Waals surface area contributed by atoms with E-state index in [1.807, 2.05) is 11.0 Å². The van der Waals surface area contributed by atoms with Gasteiger partial charge in [-0.25, -0.2) is 18.2 Å². The Balaban J connectivity index is 1.54.